The summed E-state index contributed by atoms with van der Waals surface area (Å²) in [4.78, 5) is 2.48. The lowest BCUT2D eigenvalue weighted by Gasteiger charge is -2.29. The fourth-order valence-electron chi connectivity index (χ4n) is 2.03. The van der Waals surface area contributed by atoms with Gasteiger partial charge in [0.2, 0.25) is 0 Å². The van der Waals surface area contributed by atoms with Crippen molar-refractivity contribution >= 4 is 21.6 Å². The number of benzene rings is 1. The first kappa shape index (κ1) is 11.0. The highest BCUT2D eigenvalue weighted by atomic mass is 79.9. The van der Waals surface area contributed by atoms with Crippen molar-refractivity contribution < 1.29 is 0 Å². The zero-order valence-electron chi connectivity index (χ0n) is 9.04. The second kappa shape index (κ2) is 4.99. The van der Waals surface area contributed by atoms with E-state index in [9.17, 15) is 0 Å². The van der Waals surface area contributed by atoms with E-state index < -0.39 is 0 Å². The van der Waals surface area contributed by atoms with Gasteiger partial charge in [-0.05, 0) is 44.2 Å². The number of hydrogen-bond acceptors (Lipinski definition) is 2. The summed E-state index contributed by atoms with van der Waals surface area (Å²) in [6.45, 7) is 5.62. The molecule has 1 fully saturated rings. The number of anilines is 1. The molecule has 0 bridgehead atoms. The van der Waals surface area contributed by atoms with E-state index in [4.69, 9.17) is 0 Å². The normalized spacial score (nSPS) is 22.5. The Morgan fingerprint density at radius 3 is 2.73 bits per heavy atom. The Balaban J connectivity index is 2.16. The van der Waals surface area contributed by atoms with E-state index >= 15 is 0 Å². The van der Waals surface area contributed by atoms with E-state index in [1.165, 1.54) is 12.1 Å². The lowest BCUT2D eigenvalue weighted by molar-refractivity contribution is 0.631. The van der Waals surface area contributed by atoms with Crippen molar-refractivity contribution in [1.29, 1.82) is 0 Å². The van der Waals surface area contributed by atoms with Gasteiger partial charge < -0.3 is 10.2 Å². The monoisotopic (exact) mass is 268 g/mol. The molecule has 1 heterocycles. The summed E-state index contributed by atoms with van der Waals surface area (Å²) >= 11 is 3.47. The van der Waals surface area contributed by atoms with E-state index in [0.717, 1.165) is 24.1 Å². The van der Waals surface area contributed by atoms with Gasteiger partial charge >= 0.3 is 0 Å². The lowest BCUT2D eigenvalue weighted by atomic mass is 10.2. The van der Waals surface area contributed by atoms with Crippen molar-refractivity contribution in [3.05, 3.63) is 28.7 Å². The molecule has 1 unspecified atom stereocenters. The summed E-state index contributed by atoms with van der Waals surface area (Å²) < 4.78 is 1.15. The topological polar surface area (TPSA) is 15.3 Å². The van der Waals surface area contributed by atoms with Crippen LogP contribution in [0.3, 0.4) is 0 Å². The third kappa shape index (κ3) is 2.73. The molecule has 1 aromatic carbocycles. The molecule has 0 saturated carbocycles. The average Bonchev–Trinajstić information content (AvgIpc) is 2.44. The maximum Gasteiger partial charge on any atom is 0.0369 e. The summed E-state index contributed by atoms with van der Waals surface area (Å²) in [5.41, 5.74) is 1.33. The van der Waals surface area contributed by atoms with Crippen molar-refractivity contribution in [3.63, 3.8) is 0 Å². The second-order valence-corrected chi connectivity index (χ2v) is 4.97. The SMILES string of the molecule is CC1CCNCCN1c1ccc(Br)cc1. The van der Waals surface area contributed by atoms with Gasteiger partial charge in [0.1, 0.15) is 0 Å². The molecule has 1 aliphatic heterocycles. The predicted molar refractivity (Wildman–Crippen MR) is 68.4 cm³/mol. The van der Waals surface area contributed by atoms with Crippen molar-refractivity contribution in [2.24, 2.45) is 0 Å². The van der Waals surface area contributed by atoms with Gasteiger partial charge in [-0.1, -0.05) is 15.9 Å². The molecule has 0 amide bonds. The Morgan fingerprint density at radius 1 is 1.27 bits per heavy atom. The van der Waals surface area contributed by atoms with Crippen LogP contribution in [0, 0.1) is 0 Å². The van der Waals surface area contributed by atoms with Crippen LogP contribution in [-0.4, -0.2) is 25.7 Å². The number of nitrogens with one attached hydrogen (secondary N) is 1. The molecular weight excluding hydrogens is 252 g/mol. The highest BCUT2D eigenvalue weighted by molar-refractivity contribution is 9.10. The maximum absolute atomic E-state index is 3.47. The van der Waals surface area contributed by atoms with Crippen molar-refractivity contribution in [2.45, 2.75) is 19.4 Å². The van der Waals surface area contributed by atoms with Crippen molar-refractivity contribution in [3.8, 4) is 0 Å². The minimum Gasteiger partial charge on any atom is -0.368 e. The van der Waals surface area contributed by atoms with Gasteiger partial charge in [-0.15, -0.1) is 0 Å². The van der Waals surface area contributed by atoms with Gasteiger partial charge in [-0.3, -0.25) is 0 Å². The van der Waals surface area contributed by atoms with Crippen LogP contribution in [0.15, 0.2) is 28.7 Å². The first-order chi connectivity index (χ1) is 7.27. The van der Waals surface area contributed by atoms with E-state index in [1.807, 2.05) is 0 Å². The van der Waals surface area contributed by atoms with Crippen LogP contribution in [0.25, 0.3) is 0 Å². The minimum atomic E-state index is 0.626. The van der Waals surface area contributed by atoms with Gasteiger partial charge in [-0.2, -0.15) is 0 Å². The third-order valence-electron chi connectivity index (χ3n) is 2.96. The largest absolute Gasteiger partial charge is 0.368 e. The summed E-state index contributed by atoms with van der Waals surface area (Å²) in [6.07, 6.45) is 1.22. The van der Waals surface area contributed by atoms with E-state index in [-0.39, 0.29) is 0 Å². The van der Waals surface area contributed by atoms with Crippen LogP contribution >= 0.6 is 15.9 Å². The van der Waals surface area contributed by atoms with Gasteiger partial charge in [0, 0.05) is 29.3 Å². The van der Waals surface area contributed by atoms with Gasteiger partial charge in [0.25, 0.3) is 0 Å². The van der Waals surface area contributed by atoms with E-state index in [1.54, 1.807) is 0 Å². The van der Waals surface area contributed by atoms with Gasteiger partial charge in [0.15, 0.2) is 0 Å². The zero-order valence-corrected chi connectivity index (χ0v) is 10.6. The smallest absolute Gasteiger partial charge is 0.0369 e. The van der Waals surface area contributed by atoms with E-state index in [2.05, 4.69) is 57.3 Å². The first-order valence-electron chi connectivity index (χ1n) is 5.50. The molecule has 2 rings (SSSR count). The Morgan fingerprint density at radius 2 is 2.00 bits per heavy atom. The molecule has 82 valence electrons. The molecule has 0 aliphatic carbocycles. The second-order valence-electron chi connectivity index (χ2n) is 4.06. The number of rotatable bonds is 1. The molecule has 2 nitrogen and oxygen atoms in total. The molecule has 1 saturated heterocycles. The molecule has 1 aliphatic rings. The molecule has 0 spiro atoms. The van der Waals surface area contributed by atoms with Crippen LogP contribution < -0.4 is 10.2 Å². The van der Waals surface area contributed by atoms with Crippen molar-refractivity contribution in [2.75, 3.05) is 24.5 Å². The molecule has 0 radical (unpaired) electrons. The molecule has 1 N–H and O–H groups in total. The van der Waals surface area contributed by atoms with Gasteiger partial charge in [0.05, 0.1) is 0 Å². The summed E-state index contributed by atoms with van der Waals surface area (Å²) in [5.74, 6) is 0. The minimum absolute atomic E-state index is 0.626. The molecular formula is C12H17BrN2. The number of hydrogen-bond donors (Lipinski definition) is 1. The number of nitrogens with zero attached hydrogens (tertiary/aromatic N) is 1. The lowest BCUT2D eigenvalue weighted by Crippen LogP contribution is -2.34. The van der Waals surface area contributed by atoms with Crippen LogP contribution in [0.1, 0.15) is 13.3 Å². The summed E-state index contributed by atoms with van der Waals surface area (Å²) in [6, 6.07) is 9.22. The highest BCUT2D eigenvalue weighted by Gasteiger charge is 2.16. The fourth-order valence-corrected chi connectivity index (χ4v) is 2.29. The van der Waals surface area contributed by atoms with Crippen molar-refractivity contribution in [1.82, 2.24) is 5.32 Å². The molecule has 15 heavy (non-hydrogen) atoms. The summed E-state index contributed by atoms with van der Waals surface area (Å²) in [7, 11) is 0. The van der Waals surface area contributed by atoms with Crippen LogP contribution in [0.4, 0.5) is 5.69 Å². The molecule has 1 atom stereocenters. The zero-order chi connectivity index (χ0) is 10.7. The highest BCUT2D eigenvalue weighted by Crippen LogP contribution is 2.21. The number of halogens is 1. The molecule has 0 aromatic heterocycles. The Labute approximate surface area is 99.8 Å². The first-order valence-corrected chi connectivity index (χ1v) is 6.29. The summed E-state index contributed by atoms with van der Waals surface area (Å²) in [5, 5.41) is 3.44. The molecule has 1 aromatic rings. The quantitative estimate of drug-likeness (QED) is 0.843. The maximum atomic E-state index is 3.47. The van der Waals surface area contributed by atoms with Crippen LogP contribution in [0.5, 0.6) is 0 Å². The third-order valence-corrected chi connectivity index (χ3v) is 3.49. The predicted octanol–water partition coefficient (Wildman–Crippen LogP) is 2.64. The Hall–Kier alpha value is -0.540. The fraction of sp³-hybridized carbons (Fsp3) is 0.500. The molecule has 3 heteroatoms. The standard InChI is InChI=1S/C12H17BrN2/c1-10-6-7-14-8-9-15(10)12-4-2-11(13)3-5-12/h2-5,10,14H,6-9H2,1H3. The van der Waals surface area contributed by atoms with Crippen LogP contribution in [0.2, 0.25) is 0 Å². The van der Waals surface area contributed by atoms with E-state index in [0.29, 0.717) is 6.04 Å². The Bertz CT molecular complexity index is 310. The van der Waals surface area contributed by atoms with Crippen LogP contribution in [-0.2, 0) is 0 Å². The Kier molecular flexibility index (Phi) is 3.65. The van der Waals surface area contributed by atoms with Gasteiger partial charge in [-0.25, -0.2) is 0 Å². The average molecular weight is 269 g/mol.